The van der Waals surface area contributed by atoms with Crippen LogP contribution in [0.2, 0.25) is 0 Å². The molecule has 0 unspecified atom stereocenters. The van der Waals surface area contributed by atoms with E-state index in [0.29, 0.717) is 16.5 Å². The van der Waals surface area contributed by atoms with Crippen LogP contribution in [-0.4, -0.2) is 19.7 Å². The van der Waals surface area contributed by atoms with Crippen molar-refractivity contribution in [1.82, 2.24) is 14.8 Å². The van der Waals surface area contributed by atoms with E-state index in [4.69, 9.17) is 0 Å². The molecule has 5 aromatic rings. The number of azo groups is 1. The fraction of sp³-hybridized carbons (Fsp3) is 0. The predicted octanol–water partition coefficient (Wildman–Crippen LogP) is 6.28. The summed E-state index contributed by atoms with van der Waals surface area (Å²) in [6.07, 6.45) is 0. The first-order valence-electron chi connectivity index (χ1n) is 10.2. The van der Waals surface area contributed by atoms with E-state index in [1.165, 1.54) is 40.3 Å². The quantitative estimate of drug-likeness (QED) is 0.179. The summed E-state index contributed by atoms with van der Waals surface area (Å²) >= 11 is 1.32. The predicted molar refractivity (Wildman–Crippen MR) is 130 cm³/mol. The molecular weight excluding hydrogens is 452 g/mol. The minimum Gasteiger partial charge on any atom is -0.288 e. The first kappa shape index (κ1) is 21.2. The van der Waals surface area contributed by atoms with Crippen LogP contribution in [0.3, 0.4) is 0 Å². The van der Waals surface area contributed by atoms with Crippen LogP contribution in [0.5, 0.6) is 0 Å². The van der Waals surface area contributed by atoms with Crippen molar-refractivity contribution in [2.75, 3.05) is 0 Å². The monoisotopic (exact) mass is 468 g/mol. The van der Waals surface area contributed by atoms with E-state index >= 15 is 0 Å². The van der Waals surface area contributed by atoms with Crippen molar-refractivity contribution in [3.63, 3.8) is 0 Å². The number of thiazole rings is 1. The molecule has 3 aromatic carbocycles. The molecule has 0 saturated carbocycles. The molecule has 5 rings (SSSR count). The topological polar surface area (TPSA) is 119 Å². The maximum Gasteiger partial charge on any atom is 0.299 e. The minimum atomic E-state index is -0.492. The molecule has 0 aliphatic rings. The van der Waals surface area contributed by atoms with Crippen LogP contribution in [0.1, 0.15) is 0 Å². The number of benzene rings is 3. The van der Waals surface area contributed by atoms with Crippen LogP contribution < -0.4 is 5.56 Å². The molecule has 34 heavy (non-hydrogen) atoms. The number of hydrogen-bond acceptors (Lipinski definition) is 7. The summed E-state index contributed by atoms with van der Waals surface area (Å²) in [7, 11) is 0. The van der Waals surface area contributed by atoms with Gasteiger partial charge in [-0.25, -0.2) is 9.67 Å². The molecule has 0 aliphatic carbocycles. The molecule has 9 nitrogen and oxygen atoms in total. The Morgan fingerprint density at radius 2 is 1.53 bits per heavy atom. The van der Waals surface area contributed by atoms with E-state index in [1.807, 2.05) is 66.0 Å². The maximum absolute atomic E-state index is 13.3. The highest BCUT2D eigenvalue weighted by molar-refractivity contribution is 7.13. The van der Waals surface area contributed by atoms with Crippen molar-refractivity contribution in [1.29, 1.82) is 0 Å². The smallest absolute Gasteiger partial charge is 0.288 e. The standard InChI is InChI=1S/C24H16N6O3S/c31-23-22(26-27-24-25-20(15-34-24)16-7-3-1-4-8-16)21(17-9-5-2-6-10-17)28-29(23)18-11-13-19(14-12-18)30(32)33/h1-15,28H. The third-order valence-corrected chi connectivity index (χ3v) is 5.77. The van der Waals surface area contributed by atoms with Crippen LogP contribution in [0.4, 0.5) is 16.5 Å². The second-order valence-electron chi connectivity index (χ2n) is 7.20. The van der Waals surface area contributed by atoms with Gasteiger partial charge in [-0.1, -0.05) is 60.7 Å². The molecule has 0 fully saturated rings. The lowest BCUT2D eigenvalue weighted by Crippen LogP contribution is -2.13. The molecule has 0 aliphatic heterocycles. The highest BCUT2D eigenvalue weighted by atomic mass is 32.1. The SMILES string of the molecule is O=c1c(N=Nc2nc(-c3ccccc3)cs2)c(-c2ccccc2)[nH]n1-c1ccc([N+](=O)[O-])cc1. The van der Waals surface area contributed by atoms with Gasteiger partial charge in [0.05, 0.1) is 22.0 Å². The Bertz CT molecular complexity index is 1540. The van der Waals surface area contributed by atoms with Gasteiger partial charge in [-0.2, -0.15) is 0 Å². The molecule has 2 aromatic heterocycles. The zero-order valence-electron chi connectivity index (χ0n) is 17.5. The third kappa shape index (κ3) is 4.17. The summed E-state index contributed by atoms with van der Waals surface area (Å²) in [6, 6.07) is 24.7. The van der Waals surface area contributed by atoms with Gasteiger partial charge in [-0.05, 0) is 12.1 Å². The van der Waals surface area contributed by atoms with Crippen molar-refractivity contribution < 1.29 is 4.92 Å². The fourth-order valence-corrected chi connectivity index (χ4v) is 4.02. The van der Waals surface area contributed by atoms with Crippen LogP contribution in [0.25, 0.3) is 28.2 Å². The number of aromatic amines is 1. The van der Waals surface area contributed by atoms with Gasteiger partial charge < -0.3 is 0 Å². The molecule has 166 valence electrons. The van der Waals surface area contributed by atoms with Gasteiger partial charge in [-0.3, -0.25) is 20.0 Å². The minimum absolute atomic E-state index is 0.0652. The van der Waals surface area contributed by atoms with Crippen LogP contribution >= 0.6 is 11.3 Å². The molecular formula is C24H16N6O3S. The highest BCUT2D eigenvalue weighted by Crippen LogP contribution is 2.31. The number of nitrogens with zero attached hydrogens (tertiary/aromatic N) is 5. The normalized spacial score (nSPS) is 11.2. The molecule has 0 bridgehead atoms. The Labute approximate surface area is 196 Å². The largest absolute Gasteiger partial charge is 0.299 e. The fourth-order valence-electron chi connectivity index (χ4n) is 3.38. The summed E-state index contributed by atoms with van der Waals surface area (Å²) < 4.78 is 1.29. The Morgan fingerprint density at radius 3 is 2.18 bits per heavy atom. The van der Waals surface area contributed by atoms with E-state index < -0.39 is 10.5 Å². The third-order valence-electron chi connectivity index (χ3n) is 5.04. The molecule has 0 saturated heterocycles. The zero-order valence-corrected chi connectivity index (χ0v) is 18.3. The summed E-state index contributed by atoms with van der Waals surface area (Å²) in [4.78, 5) is 28.2. The van der Waals surface area contributed by atoms with Crippen molar-refractivity contribution in [3.8, 4) is 28.2 Å². The van der Waals surface area contributed by atoms with Crippen molar-refractivity contribution in [2.24, 2.45) is 10.2 Å². The summed E-state index contributed by atoms with van der Waals surface area (Å²) in [5, 5.41) is 24.8. The zero-order chi connectivity index (χ0) is 23.5. The van der Waals surface area contributed by atoms with E-state index in [9.17, 15) is 14.9 Å². The molecule has 10 heteroatoms. The summed E-state index contributed by atoms with van der Waals surface area (Å²) in [5.41, 5.74) is 3.02. The molecule has 0 amide bonds. The van der Waals surface area contributed by atoms with Crippen molar-refractivity contribution >= 4 is 27.8 Å². The number of hydrogen-bond donors (Lipinski definition) is 1. The van der Waals surface area contributed by atoms with E-state index in [1.54, 1.807) is 0 Å². The van der Waals surface area contributed by atoms with Gasteiger partial charge in [0.1, 0.15) is 0 Å². The Kier molecular flexibility index (Phi) is 5.63. The highest BCUT2D eigenvalue weighted by Gasteiger charge is 2.18. The Morgan fingerprint density at radius 1 is 0.882 bits per heavy atom. The van der Waals surface area contributed by atoms with Crippen LogP contribution in [-0.2, 0) is 0 Å². The van der Waals surface area contributed by atoms with Gasteiger partial charge in [0, 0.05) is 28.6 Å². The number of aromatic nitrogens is 3. The van der Waals surface area contributed by atoms with E-state index in [0.717, 1.165) is 16.8 Å². The van der Waals surface area contributed by atoms with Crippen LogP contribution in [0, 0.1) is 10.1 Å². The van der Waals surface area contributed by atoms with Crippen molar-refractivity contribution in [3.05, 3.63) is 111 Å². The van der Waals surface area contributed by atoms with Gasteiger partial charge in [-0.15, -0.1) is 21.6 Å². The summed E-state index contributed by atoms with van der Waals surface area (Å²) in [5.74, 6) is 0. The lowest BCUT2D eigenvalue weighted by molar-refractivity contribution is -0.384. The number of nitro benzene ring substituents is 1. The molecule has 2 heterocycles. The first-order valence-corrected chi connectivity index (χ1v) is 11.1. The van der Waals surface area contributed by atoms with E-state index in [-0.39, 0.29) is 11.4 Å². The molecule has 0 radical (unpaired) electrons. The van der Waals surface area contributed by atoms with Crippen LogP contribution in [0.15, 0.2) is 105 Å². The second kappa shape index (κ2) is 9.04. The number of H-pyrrole nitrogens is 1. The average molecular weight is 468 g/mol. The lowest BCUT2D eigenvalue weighted by atomic mass is 10.1. The van der Waals surface area contributed by atoms with Gasteiger partial charge in [0.15, 0.2) is 5.69 Å². The molecule has 0 spiro atoms. The van der Waals surface area contributed by atoms with Gasteiger partial charge in [0.25, 0.3) is 11.2 Å². The van der Waals surface area contributed by atoms with Gasteiger partial charge in [0.2, 0.25) is 5.13 Å². The number of nitrogens with one attached hydrogen (secondary N) is 1. The maximum atomic E-state index is 13.3. The second-order valence-corrected chi connectivity index (χ2v) is 8.03. The number of non-ortho nitro benzene ring substituents is 1. The van der Waals surface area contributed by atoms with E-state index in [2.05, 4.69) is 20.3 Å². The lowest BCUT2D eigenvalue weighted by Gasteiger charge is -2.01. The van der Waals surface area contributed by atoms with Crippen molar-refractivity contribution in [2.45, 2.75) is 0 Å². The van der Waals surface area contributed by atoms with Gasteiger partial charge >= 0.3 is 0 Å². The Balaban J connectivity index is 1.55. The summed E-state index contributed by atoms with van der Waals surface area (Å²) in [6.45, 7) is 0. The molecule has 0 atom stereocenters. The molecule has 1 N–H and O–H groups in total. The first-order chi connectivity index (χ1) is 16.6. The number of nitro groups is 1. The average Bonchev–Trinajstić information content (AvgIpc) is 3.48. The Hall–Kier alpha value is -4.70. The number of rotatable bonds is 6.